The summed E-state index contributed by atoms with van der Waals surface area (Å²) in [7, 11) is 0. The lowest BCUT2D eigenvalue weighted by molar-refractivity contribution is -0.143. The van der Waals surface area contributed by atoms with E-state index in [1.54, 1.807) is 48.5 Å². The third-order valence-electron chi connectivity index (χ3n) is 5.67. The van der Waals surface area contributed by atoms with Crippen LogP contribution in [0.4, 0.5) is 9.59 Å². The summed E-state index contributed by atoms with van der Waals surface area (Å²) in [5.41, 5.74) is 6.98. The van der Waals surface area contributed by atoms with E-state index in [0.717, 1.165) is 0 Å². The lowest BCUT2D eigenvalue weighted by Crippen LogP contribution is -2.55. The molecule has 0 fully saturated rings. The Labute approximate surface area is 223 Å². The van der Waals surface area contributed by atoms with Gasteiger partial charge in [0.05, 0.1) is 0 Å². The molecular formula is C28H37N3O7. The van der Waals surface area contributed by atoms with Gasteiger partial charge in [-0.05, 0) is 49.3 Å². The van der Waals surface area contributed by atoms with Gasteiger partial charge in [0.15, 0.2) is 0 Å². The Kier molecular flexibility index (Phi) is 12.8. The number of carboxylic acid groups (broad SMARTS) is 1. The number of aliphatic carboxylic acids is 1. The molecule has 206 valence electrons. The second-order valence-electron chi connectivity index (χ2n) is 9.28. The Morgan fingerprint density at radius 1 is 0.868 bits per heavy atom. The van der Waals surface area contributed by atoms with Gasteiger partial charge in [-0.15, -0.1) is 0 Å². The highest BCUT2D eigenvalue weighted by Crippen LogP contribution is 2.17. The number of carboxylic acids is 1. The first-order valence-electron chi connectivity index (χ1n) is 12.7. The van der Waals surface area contributed by atoms with Gasteiger partial charge in [-0.3, -0.25) is 4.79 Å². The molecule has 0 aliphatic carbocycles. The molecular weight excluding hydrogens is 490 g/mol. The third-order valence-corrected chi connectivity index (χ3v) is 5.67. The van der Waals surface area contributed by atoms with E-state index in [4.69, 9.17) is 15.2 Å². The van der Waals surface area contributed by atoms with Gasteiger partial charge in [-0.1, -0.05) is 74.5 Å². The van der Waals surface area contributed by atoms with E-state index in [1.165, 1.54) is 0 Å². The Hall–Kier alpha value is -3.92. The monoisotopic (exact) mass is 527 g/mol. The van der Waals surface area contributed by atoms with Crippen LogP contribution in [0.2, 0.25) is 0 Å². The van der Waals surface area contributed by atoms with Crippen LogP contribution in [0.3, 0.4) is 0 Å². The zero-order valence-corrected chi connectivity index (χ0v) is 21.9. The molecule has 38 heavy (non-hydrogen) atoms. The zero-order chi connectivity index (χ0) is 27.9. The number of hydrogen-bond acceptors (Lipinski definition) is 7. The summed E-state index contributed by atoms with van der Waals surface area (Å²) in [4.78, 5) is 52.2. The molecule has 2 atom stereocenters. The maximum atomic E-state index is 13.4. The van der Waals surface area contributed by atoms with Gasteiger partial charge >= 0.3 is 18.2 Å². The number of imide groups is 1. The van der Waals surface area contributed by atoms with Gasteiger partial charge in [-0.25, -0.2) is 14.4 Å². The van der Waals surface area contributed by atoms with Crippen LogP contribution >= 0.6 is 0 Å². The second kappa shape index (κ2) is 16.0. The maximum absolute atomic E-state index is 13.4. The molecule has 2 aromatic rings. The van der Waals surface area contributed by atoms with Crippen LogP contribution in [0.5, 0.6) is 0 Å². The summed E-state index contributed by atoms with van der Waals surface area (Å²) in [6.45, 7) is 3.73. The molecule has 2 unspecified atom stereocenters. The minimum Gasteiger partial charge on any atom is -0.480 e. The average molecular weight is 528 g/mol. The summed E-state index contributed by atoms with van der Waals surface area (Å²) in [6, 6.07) is 15.2. The predicted octanol–water partition coefficient (Wildman–Crippen LogP) is 4.08. The van der Waals surface area contributed by atoms with Crippen LogP contribution in [-0.4, -0.2) is 52.7 Å². The molecule has 0 radical (unpaired) electrons. The van der Waals surface area contributed by atoms with Crippen LogP contribution in [0.25, 0.3) is 0 Å². The molecule has 0 spiro atoms. The van der Waals surface area contributed by atoms with Crippen molar-refractivity contribution in [3.05, 3.63) is 71.8 Å². The molecule has 10 nitrogen and oxygen atoms in total. The highest BCUT2D eigenvalue weighted by atomic mass is 16.6. The van der Waals surface area contributed by atoms with E-state index < -0.39 is 36.1 Å². The van der Waals surface area contributed by atoms with Gasteiger partial charge < -0.3 is 25.6 Å². The van der Waals surface area contributed by atoms with Crippen molar-refractivity contribution in [2.45, 2.75) is 64.8 Å². The number of nitrogens with two attached hydrogens (primary N) is 1. The number of ether oxygens (including phenoxy) is 2. The Bertz CT molecular complexity index is 976. The molecule has 0 aliphatic heterocycles. The topological polar surface area (TPSA) is 148 Å². The van der Waals surface area contributed by atoms with Gasteiger partial charge in [0, 0.05) is 0 Å². The van der Waals surface area contributed by atoms with Crippen molar-refractivity contribution in [2.24, 2.45) is 11.7 Å². The molecule has 0 bridgehead atoms. The van der Waals surface area contributed by atoms with E-state index in [1.807, 2.05) is 26.0 Å². The molecule has 0 aliphatic rings. The van der Waals surface area contributed by atoms with Crippen molar-refractivity contribution in [3.63, 3.8) is 0 Å². The number of nitrogens with zero attached hydrogens (tertiary/aromatic N) is 1. The lowest BCUT2D eigenvalue weighted by Gasteiger charge is -2.29. The number of amides is 3. The predicted molar refractivity (Wildman–Crippen MR) is 141 cm³/mol. The first kappa shape index (κ1) is 30.3. The Morgan fingerprint density at radius 2 is 1.37 bits per heavy atom. The minimum absolute atomic E-state index is 0.0186. The second-order valence-corrected chi connectivity index (χ2v) is 9.28. The van der Waals surface area contributed by atoms with E-state index in [0.29, 0.717) is 35.4 Å². The van der Waals surface area contributed by atoms with Crippen molar-refractivity contribution >= 4 is 24.1 Å². The first-order chi connectivity index (χ1) is 18.2. The standard InChI is InChI=1S/C28H37N3O7/c1-20(2)17-23(26(33)34)30-25(32)24(15-9-10-16-29)31(27(35)37-18-21-11-5-3-6-12-21)28(36)38-19-22-13-7-4-8-14-22/h3-8,11-14,20,23-24H,9-10,15-19,29H2,1-2H3,(H,30,32)(H,33,34). The highest BCUT2D eigenvalue weighted by molar-refractivity contribution is 5.96. The van der Waals surface area contributed by atoms with Crippen molar-refractivity contribution in [3.8, 4) is 0 Å². The smallest absolute Gasteiger partial charge is 0.420 e. The Balaban J connectivity index is 2.31. The maximum Gasteiger partial charge on any atom is 0.420 e. The first-order valence-corrected chi connectivity index (χ1v) is 12.7. The fourth-order valence-corrected chi connectivity index (χ4v) is 3.73. The molecule has 0 saturated carbocycles. The number of unbranched alkanes of at least 4 members (excludes halogenated alkanes) is 1. The van der Waals surface area contributed by atoms with E-state index in [-0.39, 0.29) is 32.0 Å². The largest absolute Gasteiger partial charge is 0.480 e. The zero-order valence-electron chi connectivity index (χ0n) is 21.9. The molecule has 2 aromatic carbocycles. The van der Waals surface area contributed by atoms with Crippen LogP contribution in [-0.2, 0) is 32.3 Å². The molecule has 2 rings (SSSR count). The van der Waals surface area contributed by atoms with Crippen molar-refractivity contribution in [1.29, 1.82) is 0 Å². The minimum atomic E-state index is -1.36. The summed E-state index contributed by atoms with van der Waals surface area (Å²) >= 11 is 0. The number of carbonyl (C=O) groups is 4. The quantitative estimate of drug-likeness (QED) is 0.311. The highest BCUT2D eigenvalue weighted by Gasteiger charge is 2.38. The van der Waals surface area contributed by atoms with E-state index in [2.05, 4.69) is 5.32 Å². The van der Waals surface area contributed by atoms with Crippen molar-refractivity contribution in [2.75, 3.05) is 6.54 Å². The summed E-state index contributed by atoms with van der Waals surface area (Å²) in [6.07, 6.45) is -0.980. The van der Waals surface area contributed by atoms with Crippen LogP contribution in [0, 0.1) is 5.92 Å². The van der Waals surface area contributed by atoms with Gasteiger partial charge in [0.2, 0.25) is 5.91 Å². The lowest BCUT2D eigenvalue weighted by atomic mass is 10.0. The molecule has 0 aromatic heterocycles. The molecule has 3 amide bonds. The number of benzene rings is 2. The molecule has 4 N–H and O–H groups in total. The normalized spacial score (nSPS) is 12.3. The molecule has 0 heterocycles. The van der Waals surface area contributed by atoms with Crippen LogP contribution in [0.1, 0.15) is 50.7 Å². The number of carbonyl (C=O) groups excluding carboxylic acids is 3. The van der Waals surface area contributed by atoms with Gasteiger partial charge in [0.25, 0.3) is 0 Å². The summed E-state index contributed by atoms with van der Waals surface area (Å²) in [5, 5.41) is 12.1. The van der Waals surface area contributed by atoms with Crippen LogP contribution < -0.4 is 11.1 Å². The molecule has 0 saturated heterocycles. The third kappa shape index (κ3) is 10.2. The fraction of sp³-hybridized carbons (Fsp3) is 0.429. The number of hydrogen-bond donors (Lipinski definition) is 3. The van der Waals surface area contributed by atoms with Crippen LogP contribution in [0.15, 0.2) is 60.7 Å². The van der Waals surface area contributed by atoms with Crippen molar-refractivity contribution in [1.82, 2.24) is 10.2 Å². The number of nitrogens with one attached hydrogen (secondary N) is 1. The van der Waals surface area contributed by atoms with Gasteiger partial charge in [-0.2, -0.15) is 4.90 Å². The summed E-state index contributed by atoms with van der Waals surface area (Å²) in [5.74, 6) is -2.02. The SMILES string of the molecule is CC(C)CC(NC(=O)C(CCCCN)N(C(=O)OCc1ccccc1)C(=O)OCc1ccccc1)C(=O)O. The fourth-order valence-electron chi connectivity index (χ4n) is 3.73. The van der Waals surface area contributed by atoms with Gasteiger partial charge in [0.1, 0.15) is 25.3 Å². The van der Waals surface area contributed by atoms with E-state index in [9.17, 15) is 24.3 Å². The van der Waals surface area contributed by atoms with E-state index >= 15 is 0 Å². The molecule has 10 heteroatoms. The number of rotatable bonds is 14. The van der Waals surface area contributed by atoms with Crippen molar-refractivity contribution < 1.29 is 33.8 Å². The Morgan fingerprint density at radius 3 is 1.79 bits per heavy atom. The average Bonchev–Trinajstić information content (AvgIpc) is 2.90. The summed E-state index contributed by atoms with van der Waals surface area (Å²) < 4.78 is 10.8.